The van der Waals surface area contributed by atoms with Crippen molar-refractivity contribution in [3.05, 3.63) is 73.6 Å². The van der Waals surface area contributed by atoms with Crippen LogP contribution in [0.3, 0.4) is 0 Å². The molecule has 0 spiro atoms. The number of hydrogen-bond donors (Lipinski definition) is 2. The van der Waals surface area contributed by atoms with Gasteiger partial charge in [-0.25, -0.2) is 22.9 Å². The number of rotatable bonds is 5. The van der Waals surface area contributed by atoms with Crippen LogP contribution in [0.1, 0.15) is 72.4 Å². The molecule has 3 N–H and O–H groups in total. The highest BCUT2D eigenvalue weighted by atomic mass is 19.1. The molecule has 3 aliphatic rings. The minimum Gasteiger partial charge on any atom is -0.477 e. The van der Waals surface area contributed by atoms with E-state index in [9.17, 15) is 19.5 Å². The summed E-state index contributed by atoms with van der Waals surface area (Å²) in [6.07, 6.45) is 6.58. The van der Waals surface area contributed by atoms with Crippen LogP contribution in [0, 0.1) is 17.5 Å². The van der Waals surface area contributed by atoms with Crippen molar-refractivity contribution in [1.82, 2.24) is 14.1 Å². The summed E-state index contributed by atoms with van der Waals surface area (Å²) < 4.78 is 50.2. The van der Waals surface area contributed by atoms with E-state index in [4.69, 9.17) is 5.73 Å². The van der Waals surface area contributed by atoms with Gasteiger partial charge < -0.3 is 24.9 Å². The quantitative estimate of drug-likeness (QED) is 0.343. The normalized spacial score (nSPS) is 18.0. The molecule has 41 heavy (non-hydrogen) atoms. The molecular weight excluding hydrogens is 539 g/mol. The van der Waals surface area contributed by atoms with E-state index in [0.717, 1.165) is 31.7 Å². The second-order valence-electron chi connectivity index (χ2n) is 11.2. The Morgan fingerprint density at radius 1 is 0.976 bits per heavy atom. The Kier molecular flexibility index (Phi) is 5.67. The van der Waals surface area contributed by atoms with E-state index in [1.807, 2.05) is 0 Å². The van der Waals surface area contributed by atoms with Crippen LogP contribution in [-0.2, 0) is 0 Å². The van der Waals surface area contributed by atoms with Crippen LogP contribution in [0.15, 0.2) is 34.1 Å². The zero-order chi connectivity index (χ0) is 28.7. The van der Waals surface area contributed by atoms with Gasteiger partial charge in [0.1, 0.15) is 11.2 Å². The minimum atomic E-state index is -1.39. The zero-order valence-electron chi connectivity index (χ0n) is 21.9. The molecule has 3 fully saturated rings. The van der Waals surface area contributed by atoms with Crippen molar-refractivity contribution in [2.75, 3.05) is 23.7 Å². The van der Waals surface area contributed by atoms with Gasteiger partial charge in [0.15, 0.2) is 28.7 Å². The van der Waals surface area contributed by atoms with Gasteiger partial charge >= 0.3 is 5.97 Å². The first kappa shape index (κ1) is 25.6. The fraction of sp³-hybridized carbons (Fsp3) is 0.379. The molecule has 9 nitrogen and oxygen atoms in total. The van der Waals surface area contributed by atoms with Crippen molar-refractivity contribution < 1.29 is 23.1 Å². The number of nitrogens with zero attached hydrogens (tertiary/aromatic N) is 4. The van der Waals surface area contributed by atoms with Gasteiger partial charge in [0, 0.05) is 49.2 Å². The number of aromatic nitrogens is 3. The number of carbonyl (C=O) groups is 1. The zero-order valence-corrected chi connectivity index (χ0v) is 21.9. The Bertz CT molecular complexity index is 1900. The Balaban J connectivity index is 1.24. The summed E-state index contributed by atoms with van der Waals surface area (Å²) >= 11 is 0. The molecule has 12 heteroatoms. The average molecular weight is 566 g/mol. The molecule has 0 bridgehead atoms. The molecule has 212 valence electrons. The van der Waals surface area contributed by atoms with Gasteiger partial charge in [-0.05, 0) is 50.5 Å². The van der Waals surface area contributed by atoms with E-state index in [1.165, 1.54) is 18.5 Å². The number of anilines is 2. The summed E-state index contributed by atoms with van der Waals surface area (Å²) in [6, 6.07) is 2.32. The lowest BCUT2D eigenvalue weighted by molar-refractivity contribution is 0.0694. The van der Waals surface area contributed by atoms with Crippen LogP contribution >= 0.6 is 0 Å². The third-order valence-corrected chi connectivity index (χ3v) is 8.57. The Morgan fingerprint density at radius 2 is 1.63 bits per heavy atom. The smallest absolute Gasteiger partial charge is 0.341 e. The number of nitrogen functional groups attached to an aromatic ring is 1. The topological polar surface area (TPSA) is 123 Å². The van der Waals surface area contributed by atoms with E-state index in [1.54, 1.807) is 14.0 Å². The molecule has 4 heterocycles. The van der Waals surface area contributed by atoms with Gasteiger partial charge in [-0.1, -0.05) is 0 Å². The maximum Gasteiger partial charge on any atom is 0.341 e. The summed E-state index contributed by atoms with van der Waals surface area (Å²) in [4.78, 5) is 43.0. The van der Waals surface area contributed by atoms with Crippen molar-refractivity contribution >= 4 is 39.4 Å². The first-order valence-electron chi connectivity index (χ1n) is 13.7. The number of nitrogens with two attached hydrogens (primary N) is 1. The van der Waals surface area contributed by atoms with Gasteiger partial charge in [0.2, 0.25) is 5.43 Å². The van der Waals surface area contributed by atoms with E-state index in [2.05, 4.69) is 4.98 Å². The summed E-state index contributed by atoms with van der Waals surface area (Å²) in [5.41, 5.74) is 4.00. The number of pyridine rings is 3. The van der Waals surface area contributed by atoms with Crippen molar-refractivity contribution in [2.24, 2.45) is 0 Å². The van der Waals surface area contributed by atoms with Crippen LogP contribution < -0.4 is 21.5 Å². The molecule has 4 aromatic rings. The standard InChI is InChI=1S/C29H26F3N5O4/c30-18-11-16-26(39)17(29(40)41)12-37(15-3-4-15)27(16)34-28(18)35-8-5-13(6-9-35)20-22(31)24(33)21-19(38)7-10-36(14-1-2-14)25(21)23(20)32/h7,10-15H,1-6,8-9,33H2,(H,40,41). The van der Waals surface area contributed by atoms with Gasteiger partial charge in [-0.15, -0.1) is 0 Å². The van der Waals surface area contributed by atoms with Crippen LogP contribution in [0.5, 0.6) is 0 Å². The molecule has 0 amide bonds. The molecular formula is C29H26F3N5O4. The fourth-order valence-corrected chi connectivity index (χ4v) is 6.15. The van der Waals surface area contributed by atoms with Crippen molar-refractivity contribution in [3.63, 3.8) is 0 Å². The van der Waals surface area contributed by atoms with Crippen molar-refractivity contribution in [1.29, 1.82) is 0 Å². The number of fused-ring (bicyclic) bond motifs is 2. The van der Waals surface area contributed by atoms with Gasteiger partial charge in [0.25, 0.3) is 0 Å². The SMILES string of the molecule is Nc1c(F)c(C2CCN(c3nc4c(cc3F)c(=O)c(C(=O)O)cn4C3CC3)CC2)c(F)c2c1c(=O)ccn2C1CC1. The maximum atomic E-state index is 16.0. The largest absolute Gasteiger partial charge is 0.477 e. The van der Waals surface area contributed by atoms with Crippen molar-refractivity contribution in [3.8, 4) is 0 Å². The van der Waals surface area contributed by atoms with E-state index in [-0.39, 0.29) is 77.0 Å². The van der Waals surface area contributed by atoms with Gasteiger partial charge in [-0.2, -0.15) is 0 Å². The number of piperidine rings is 1. The predicted molar refractivity (Wildman–Crippen MR) is 146 cm³/mol. The first-order chi connectivity index (χ1) is 19.7. The second-order valence-corrected chi connectivity index (χ2v) is 11.2. The Hall–Kier alpha value is -4.35. The van der Waals surface area contributed by atoms with E-state index < -0.39 is 45.8 Å². The first-order valence-corrected chi connectivity index (χ1v) is 13.7. The highest BCUT2D eigenvalue weighted by molar-refractivity contribution is 5.93. The number of carboxylic acids is 1. The summed E-state index contributed by atoms with van der Waals surface area (Å²) in [5, 5.41) is 9.20. The molecule has 3 aromatic heterocycles. The Morgan fingerprint density at radius 3 is 2.27 bits per heavy atom. The molecule has 7 rings (SSSR count). The molecule has 0 atom stereocenters. The number of carboxylic acid groups (broad SMARTS) is 1. The number of hydrogen-bond acceptors (Lipinski definition) is 6. The second kappa shape index (κ2) is 9.08. The maximum absolute atomic E-state index is 16.0. The summed E-state index contributed by atoms with van der Waals surface area (Å²) in [5.74, 6) is -4.45. The third-order valence-electron chi connectivity index (χ3n) is 8.57. The lowest BCUT2D eigenvalue weighted by atomic mass is 9.87. The molecule has 1 aromatic carbocycles. The van der Waals surface area contributed by atoms with Crippen LogP contribution in [0.25, 0.3) is 21.9 Å². The predicted octanol–water partition coefficient (Wildman–Crippen LogP) is 4.46. The lowest BCUT2D eigenvalue weighted by Gasteiger charge is -2.34. The average Bonchev–Trinajstić information content (AvgIpc) is 3.86. The molecule has 0 radical (unpaired) electrons. The summed E-state index contributed by atoms with van der Waals surface area (Å²) in [6.45, 7) is 0.448. The molecule has 1 aliphatic heterocycles. The van der Waals surface area contributed by atoms with Crippen LogP contribution in [0.2, 0.25) is 0 Å². The van der Waals surface area contributed by atoms with E-state index in [0.29, 0.717) is 0 Å². The molecule has 1 saturated heterocycles. The molecule has 2 saturated carbocycles. The number of halogens is 3. The van der Waals surface area contributed by atoms with Crippen LogP contribution in [0.4, 0.5) is 24.7 Å². The third kappa shape index (κ3) is 3.98. The fourth-order valence-electron chi connectivity index (χ4n) is 6.15. The van der Waals surface area contributed by atoms with Gasteiger partial charge in [0.05, 0.1) is 22.0 Å². The number of aromatic carboxylic acids is 1. The Labute approximate surface area is 230 Å². The minimum absolute atomic E-state index is 0.00522. The van der Waals surface area contributed by atoms with E-state index >= 15 is 13.2 Å². The molecule has 0 unspecified atom stereocenters. The van der Waals surface area contributed by atoms with Crippen LogP contribution in [-0.4, -0.2) is 38.3 Å². The van der Waals surface area contributed by atoms with Gasteiger partial charge in [-0.3, -0.25) is 9.59 Å². The highest BCUT2D eigenvalue weighted by Gasteiger charge is 2.34. The monoisotopic (exact) mass is 565 g/mol. The lowest BCUT2D eigenvalue weighted by Crippen LogP contribution is -2.35. The molecule has 2 aliphatic carbocycles. The highest BCUT2D eigenvalue weighted by Crippen LogP contribution is 2.43. The van der Waals surface area contributed by atoms with Crippen molar-refractivity contribution in [2.45, 2.75) is 56.5 Å². The number of benzene rings is 1. The summed E-state index contributed by atoms with van der Waals surface area (Å²) in [7, 11) is 0.